The zero-order valence-electron chi connectivity index (χ0n) is 10.7. The molecule has 1 saturated heterocycles. The third-order valence-corrected chi connectivity index (χ3v) is 3.17. The largest absolute Gasteiger partial charge is 0.394 e. The van der Waals surface area contributed by atoms with E-state index in [2.05, 4.69) is 9.97 Å². The van der Waals surface area contributed by atoms with Crippen LogP contribution in [0.15, 0.2) is 12.3 Å². The van der Waals surface area contributed by atoms with E-state index in [1.807, 2.05) is 6.79 Å². The minimum atomic E-state index is -0.850. The zero-order valence-corrected chi connectivity index (χ0v) is 10.7. The quantitative estimate of drug-likeness (QED) is 0.783. The Balaban J connectivity index is 0.000000704. The van der Waals surface area contributed by atoms with Gasteiger partial charge in [0, 0.05) is 6.20 Å². The molecule has 2 atom stereocenters. The number of rotatable bonds is 2. The van der Waals surface area contributed by atoms with Gasteiger partial charge in [0.2, 0.25) is 0 Å². The van der Waals surface area contributed by atoms with Crippen LogP contribution in [0.25, 0.3) is 11.0 Å². The van der Waals surface area contributed by atoms with Crippen molar-refractivity contribution in [3.05, 3.63) is 18.3 Å². The fourth-order valence-electron chi connectivity index (χ4n) is 2.29. The van der Waals surface area contributed by atoms with E-state index in [-0.39, 0.29) is 24.8 Å². The number of aromatic nitrogens is 3. The Hall–Kier alpha value is -2.06. The molecule has 0 saturated carbocycles. The Bertz CT molecular complexity index is 604. The van der Waals surface area contributed by atoms with Gasteiger partial charge in [-0.2, -0.15) is 14.4 Å². The maximum Gasteiger partial charge on any atom is 0.312 e. The number of nitrogens with zero attached hydrogens (tertiary/aromatic N) is 3. The number of hydrogen-bond donors (Lipinski definition) is 2. The van der Waals surface area contributed by atoms with Gasteiger partial charge in [-0.25, -0.2) is 0 Å². The molecular weight excluding hydrogens is 267 g/mol. The van der Waals surface area contributed by atoms with Crippen molar-refractivity contribution in [2.45, 2.75) is 25.2 Å². The number of nitrogens with two attached hydrogens (primary N) is 1. The summed E-state index contributed by atoms with van der Waals surface area (Å²) in [7, 11) is 0. The number of carbonyl (C=O) groups excluding carboxylic acids is 1. The monoisotopic (exact) mass is 282 g/mol. The number of ether oxygens (including phenoxy) is 1. The summed E-state index contributed by atoms with van der Waals surface area (Å²) < 4.78 is 20.5. The number of anilines is 1. The molecule has 2 aromatic heterocycles. The lowest BCUT2D eigenvalue weighted by molar-refractivity contribution is -0.0979. The summed E-state index contributed by atoms with van der Waals surface area (Å²) >= 11 is 0. The molecule has 0 spiro atoms. The molecule has 2 unspecified atom stereocenters. The van der Waals surface area contributed by atoms with Crippen LogP contribution in [-0.2, 0) is 9.53 Å². The second-order valence-electron chi connectivity index (χ2n) is 4.31. The van der Waals surface area contributed by atoms with E-state index in [1.165, 1.54) is 0 Å². The third-order valence-electron chi connectivity index (χ3n) is 3.17. The average Bonchev–Trinajstić information content (AvgIpc) is 3.06. The van der Waals surface area contributed by atoms with Gasteiger partial charge in [-0.1, -0.05) is 0 Å². The van der Waals surface area contributed by atoms with Gasteiger partial charge in [0.25, 0.3) is 0 Å². The molecule has 20 heavy (non-hydrogen) atoms. The first kappa shape index (κ1) is 14.4. The molecule has 0 aliphatic carbocycles. The first-order valence-electron chi connectivity index (χ1n) is 6.04. The van der Waals surface area contributed by atoms with Crippen molar-refractivity contribution in [2.75, 3.05) is 12.3 Å². The summed E-state index contributed by atoms with van der Waals surface area (Å²) in [4.78, 5) is 15.2. The molecule has 108 valence electrons. The van der Waals surface area contributed by atoms with Crippen LogP contribution in [0.5, 0.6) is 0 Å². The molecule has 3 rings (SSSR count). The van der Waals surface area contributed by atoms with Crippen molar-refractivity contribution in [1.82, 2.24) is 14.5 Å². The van der Waals surface area contributed by atoms with Gasteiger partial charge in [-0.3, -0.25) is 0 Å². The highest BCUT2D eigenvalue weighted by atomic mass is 19.1. The lowest BCUT2D eigenvalue weighted by Gasteiger charge is -2.14. The third kappa shape index (κ3) is 2.47. The van der Waals surface area contributed by atoms with E-state index in [9.17, 15) is 4.39 Å². The van der Waals surface area contributed by atoms with Crippen LogP contribution in [-0.4, -0.2) is 39.1 Å². The number of halogens is 1. The number of aliphatic hydroxyl groups excluding tert-OH is 1. The summed E-state index contributed by atoms with van der Waals surface area (Å²) in [6.45, 7) is 1.99. The van der Waals surface area contributed by atoms with Gasteiger partial charge in [0.1, 0.15) is 18.8 Å². The van der Waals surface area contributed by atoms with Crippen LogP contribution in [0, 0.1) is 6.08 Å². The maximum absolute atomic E-state index is 13.2. The Morgan fingerprint density at radius 3 is 2.90 bits per heavy atom. The second-order valence-corrected chi connectivity index (χ2v) is 4.31. The highest BCUT2D eigenvalue weighted by Gasteiger charge is 2.27. The molecular formula is C12H15FN4O3. The summed E-state index contributed by atoms with van der Waals surface area (Å²) in [5.74, 6) is 0.118. The molecule has 0 radical (unpaired) electrons. The number of hydrogen-bond acceptors (Lipinski definition) is 6. The zero-order chi connectivity index (χ0) is 14.7. The van der Waals surface area contributed by atoms with E-state index in [0.29, 0.717) is 11.0 Å². The molecule has 1 aliphatic rings. The Kier molecular flexibility index (Phi) is 4.26. The summed E-state index contributed by atoms with van der Waals surface area (Å²) in [5, 5.41) is 9.65. The number of fused-ring (bicyclic) bond motifs is 1. The van der Waals surface area contributed by atoms with Crippen molar-refractivity contribution < 1.29 is 19.0 Å². The second kappa shape index (κ2) is 5.93. The van der Waals surface area contributed by atoms with Gasteiger partial charge < -0.3 is 24.9 Å². The molecule has 0 amide bonds. The predicted molar refractivity (Wildman–Crippen MR) is 69.2 cm³/mol. The fraction of sp³-hybridized carbons (Fsp3) is 0.417. The van der Waals surface area contributed by atoms with Gasteiger partial charge in [-0.05, 0) is 18.9 Å². The van der Waals surface area contributed by atoms with Crippen LogP contribution in [0.4, 0.5) is 10.2 Å². The average molecular weight is 282 g/mol. The van der Waals surface area contributed by atoms with Crippen LogP contribution in [0.1, 0.15) is 19.1 Å². The Morgan fingerprint density at radius 1 is 1.50 bits per heavy atom. The van der Waals surface area contributed by atoms with Crippen molar-refractivity contribution >= 4 is 23.6 Å². The SMILES string of the molecule is C=O.Nc1nc(F)nc2c1ccn2C1CCC(CO)O1. The molecule has 8 heteroatoms. The normalized spacial score (nSPS) is 21.7. The van der Waals surface area contributed by atoms with E-state index >= 15 is 0 Å². The lowest BCUT2D eigenvalue weighted by Crippen LogP contribution is -2.14. The summed E-state index contributed by atoms with van der Waals surface area (Å²) in [6.07, 6.45) is 2.01. The molecule has 3 N–H and O–H groups in total. The molecule has 0 bridgehead atoms. The molecule has 3 heterocycles. The van der Waals surface area contributed by atoms with Gasteiger partial charge in [0.15, 0.2) is 5.65 Å². The van der Waals surface area contributed by atoms with Crippen LogP contribution >= 0.6 is 0 Å². The first-order chi connectivity index (χ1) is 9.69. The lowest BCUT2D eigenvalue weighted by atomic mass is 10.2. The van der Waals surface area contributed by atoms with Crippen molar-refractivity contribution in [3.8, 4) is 0 Å². The Morgan fingerprint density at radius 2 is 2.25 bits per heavy atom. The van der Waals surface area contributed by atoms with Gasteiger partial charge in [0.05, 0.1) is 18.1 Å². The van der Waals surface area contributed by atoms with E-state index < -0.39 is 6.08 Å². The fourth-order valence-corrected chi connectivity index (χ4v) is 2.29. The molecule has 7 nitrogen and oxygen atoms in total. The molecule has 2 aromatic rings. The highest BCUT2D eigenvalue weighted by Crippen LogP contribution is 2.31. The maximum atomic E-state index is 13.2. The molecule has 1 fully saturated rings. The predicted octanol–water partition coefficient (Wildman–Crippen LogP) is 0.638. The number of carbonyl (C=O) groups is 1. The van der Waals surface area contributed by atoms with E-state index in [0.717, 1.165) is 12.8 Å². The minimum absolute atomic E-state index is 0.0127. The Labute approximate surface area is 114 Å². The van der Waals surface area contributed by atoms with Crippen molar-refractivity contribution in [3.63, 3.8) is 0 Å². The number of aliphatic hydroxyl groups is 1. The van der Waals surface area contributed by atoms with Crippen LogP contribution in [0.2, 0.25) is 0 Å². The van der Waals surface area contributed by atoms with Gasteiger partial charge in [-0.15, -0.1) is 0 Å². The minimum Gasteiger partial charge on any atom is -0.394 e. The van der Waals surface area contributed by atoms with Gasteiger partial charge >= 0.3 is 6.08 Å². The van der Waals surface area contributed by atoms with Crippen molar-refractivity contribution in [1.29, 1.82) is 0 Å². The van der Waals surface area contributed by atoms with E-state index in [4.69, 9.17) is 20.4 Å². The van der Waals surface area contributed by atoms with Crippen LogP contribution in [0.3, 0.4) is 0 Å². The molecule has 1 aliphatic heterocycles. The highest BCUT2D eigenvalue weighted by molar-refractivity contribution is 5.86. The topological polar surface area (TPSA) is 103 Å². The summed E-state index contributed by atoms with van der Waals surface area (Å²) in [6, 6.07) is 1.74. The smallest absolute Gasteiger partial charge is 0.312 e. The van der Waals surface area contributed by atoms with E-state index in [1.54, 1.807) is 16.8 Å². The van der Waals surface area contributed by atoms with Crippen molar-refractivity contribution in [2.24, 2.45) is 0 Å². The number of nitrogen functional groups attached to an aromatic ring is 1. The summed E-state index contributed by atoms with van der Waals surface area (Å²) in [5.41, 5.74) is 6.06. The standard InChI is InChI=1S/C11H13FN4O2.CH2O/c12-11-14-9(13)7-3-4-16(10(7)15-11)8-2-1-6(5-17)18-8;1-2/h3-4,6,8,17H,1-2,5H2,(H2,13,14,15);1H2. The first-order valence-corrected chi connectivity index (χ1v) is 6.04. The van der Waals surface area contributed by atoms with Crippen LogP contribution < -0.4 is 5.73 Å². The molecule has 0 aromatic carbocycles.